The van der Waals surface area contributed by atoms with Crippen molar-refractivity contribution < 1.29 is 12.8 Å². The highest BCUT2D eigenvalue weighted by Crippen LogP contribution is 2.20. The summed E-state index contributed by atoms with van der Waals surface area (Å²) in [6, 6.07) is 4.55. The van der Waals surface area contributed by atoms with E-state index in [9.17, 15) is 12.8 Å². The lowest BCUT2D eigenvalue weighted by atomic mass is 9.96. The van der Waals surface area contributed by atoms with E-state index >= 15 is 0 Å². The van der Waals surface area contributed by atoms with Crippen molar-refractivity contribution in [2.45, 2.75) is 23.9 Å². The molecule has 0 saturated heterocycles. The highest BCUT2D eigenvalue weighted by molar-refractivity contribution is 7.89. The van der Waals surface area contributed by atoms with E-state index in [4.69, 9.17) is 5.14 Å². The molecule has 4 nitrogen and oxygen atoms in total. The van der Waals surface area contributed by atoms with Gasteiger partial charge in [-0.2, -0.15) is 0 Å². The monoisotopic (exact) mass is 244 g/mol. The van der Waals surface area contributed by atoms with E-state index in [2.05, 4.69) is 5.32 Å². The molecule has 0 aromatic heterocycles. The van der Waals surface area contributed by atoms with Crippen molar-refractivity contribution in [3.05, 3.63) is 29.3 Å². The summed E-state index contributed by atoms with van der Waals surface area (Å²) in [6.07, 6.45) is 0.580. The SMILES string of the molecule is NS(=O)(=O)c1ccc2c(c1)CNC(CF)C2. The molecule has 88 valence electrons. The van der Waals surface area contributed by atoms with Gasteiger partial charge >= 0.3 is 0 Å². The van der Waals surface area contributed by atoms with Crippen LogP contribution in [0.2, 0.25) is 0 Å². The van der Waals surface area contributed by atoms with Gasteiger partial charge in [-0.15, -0.1) is 0 Å². The van der Waals surface area contributed by atoms with Crippen LogP contribution in [0.4, 0.5) is 4.39 Å². The zero-order valence-electron chi connectivity index (χ0n) is 8.61. The van der Waals surface area contributed by atoms with Crippen LogP contribution in [0.25, 0.3) is 0 Å². The fourth-order valence-electron chi connectivity index (χ4n) is 1.84. The summed E-state index contributed by atoms with van der Waals surface area (Å²) >= 11 is 0. The Morgan fingerprint density at radius 1 is 1.44 bits per heavy atom. The van der Waals surface area contributed by atoms with Crippen molar-refractivity contribution >= 4 is 10.0 Å². The molecule has 0 spiro atoms. The number of alkyl halides is 1. The average Bonchev–Trinajstić information content (AvgIpc) is 2.26. The minimum Gasteiger partial charge on any atom is -0.307 e. The van der Waals surface area contributed by atoms with Gasteiger partial charge in [0.2, 0.25) is 10.0 Å². The molecule has 1 aromatic carbocycles. The molecule has 0 radical (unpaired) electrons. The molecule has 0 amide bonds. The normalized spacial score (nSPS) is 20.5. The first-order valence-electron chi connectivity index (χ1n) is 4.94. The number of halogens is 1. The third-order valence-corrected chi connectivity index (χ3v) is 3.65. The Bertz CT molecular complexity index is 502. The lowest BCUT2D eigenvalue weighted by Gasteiger charge is -2.24. The second-order valence-corrected chi connectivity index (χ2v) is 5.47. The molecule has 0 aliphatic carbocycles. The first-order chi connectivity index (χ1) is 7.50. The van der Waals surface area contributed by atoms with Gasteiger partial charge in [-0.3, -0.25) is 0 Å². The fourth-order valence-corrected chi connectivity index (χ4v) is 2.41. The van der Waals surface area contributed by atoms with Crippen LogP contribution in [-0.2, 0) is 23.0 Å². The summed E-state index contributed by atoms with van der Waals surface area (Å²) < 4.78 is 34.7. The maximum absolute atomic E-state index is 12.5. The van der Waals surface area contributed by atoms with Crippen LogP contribution in [-0.4, -0.2) is 21.1 Å². The average molecular weight is 244 g/mol. The minimum absolute atomic E-state index is 0.103. The Morgan fingerprint density at radius 2 is 2.19 bits per heavy atom. The molecule has 1 aromatic rings. The standard InChI is InChI=1S/C10H13FN2O2S/c11-5-9-3-7-1-2-10(16(12,14)15)4-8(7)6-13-9/h1-2,4,9,13H,3,5-6H2,(H2,12,14,15). The second kappa shape index (κ2) is 4.12. The number of nitrogens with two attached hydrogens (primary N) is 1. The minimum atomic E-state index is -3.66. The van der Waals surface area contributed by atoms with Crippen LogP contribution in [0, 0.1) is 0 Å². The second-order valence-electron chi connectivity index (χ2n) is 3.91. The van der Waals surface area contributed by atoms with Crippen molar-refractivity contribution in [3.8, 4) is 0 Å². The highest BCUT2D eigenvalue weighted by Gasteiger charge is 2.19. The van der Waals surface area contributed by atoms with E-state index in [1.54, 1.807) is 12.1 Å². The molecular weight excluding hydrogens is 231 g/mol. The number of primary sulfonamides is 1. The zero-order valence-corrected chi connectivity index (χ0v) is 9.43. The number of hydrogen-bond acceptors (Lipinski definition) is 3. The van der Waals surface area contributed by atoms with Crippen molar-refractivity contribution in [2.24, 2.45) is 5.14 Å². The smallest absolute Gasteiger partial charge is 0.238 e. The maximum Gasteiger partial charge on any atom is 0.238 e. The summed E-state index contributed by atoms with van der Waals surface area (Å²) in [5.41, 5.74) is 1.85. The molecule has 0 fully saturated rings. The van der Waals surface area contributed by atoms with E-state index in [1.165, 1.54) is 6.07 Å². The predicted molar refractivity (Wildman–Crippen MR) is 58.1 cm³/mol. The van der Waals surface area contributed by atoms with Gasteiger partial charge < -0.3 is 5.32 Å². The lowest BCUT2D eigenvalue weighted by molar-refractivity contribution is 0.358. The number of nitrogens with one attached hydrogen (secondary N) is 1. The number of fused-ring (bicyclic) bond motifs is 1. The van der Waals surface area contributed by atoms with Gasteiger partial charge in [0, 0.05) is 12.6 Å². The number of hydrogen-bond donors (Lipinski definition) is 2. The molecule has 2 rings (SSSR count). The van der Waals surface area contributed by atoms with E-state index in [-0.39, 0.29) is 10.9 Å². The lowest BCUT2D eigenvalue weighted by Crippen LogP contribution is -2.37. The Morgan fingerprint density at radius 3 is 2.81 bits per heavy atom. The first kappa shape index (κ1) is 11.5. The highest BCUT2D eigenvalue weighted by atomic mass is 32.2. The number of sulfonamides is 1. The molecule has 1 atom stereocenters. The Hall–Kier alpha value is -0.980. The van der Waals surface area contributed by atoms with Gasteiger partial charge in [0.1, 0.15) is 6.67 Å². The molecule has 0 bridgehead atoms. The van der Waals surface area contributed by atoms with Crippen LogP contribution in [0.5, 0.6) is 0 Å². The Kier molecular flexibility index (Phi) is 2.96. The quantitative estimate of drug-likeness (QED) is 0.787. The topological polar surface area (TPSA) is 72.2 Å². The van der Waals surface area contributed by atoms with Crippen molar-refractivity contribution in [2.75, 3.05) is 6.67 Å². The van der Waals surface area contributed by atoms with Crippen molar-refractivity contribution in [1.82, 2.24) is 5.32 Å². The molecule has 6 heteroatoms. The molecule has 16 heavy (non-hydrogen) atoms. The van der Waals surface area contributed by atoms with Gasteiger partial charge in [0.15, 0.2) is 0 Å². The fraction of sp³-hybridized carbons (Fsp3) is 0.400. The number of benzene rings is 1. The van der Waals surface area contributed by atoms with Gasteiger partial charge in [0.25, 0.3) is 0 Å². The summed E-state index contributed by atoms with van der Waals surface area (Å²) in [5, 5.41) is 8.03. The van der Waals surface area contributed by atoms with Gasteiger partial charge in [-0.25, -0.2) is 17.9 Å². The predicted octanol–water partition coefficient (Wildman–Crippen LogP) is 0.318. The number of rotatable bonds is 2. The molecule has 0 saturated carbocycles. The van der Waals surface area contributed by atoms with Crippen molar-refractivity contribution in [3.63, 3.8) is 0 Å². The molecule has 1 unspecified atom stereocenters. The first-order valence-corrected chi connectivity index (χ1v) is 6.49. The largest absolute Gasteiger partial charge is 0.307 e. The van der Waals surface area contributed by atoms with Crippen LogP contribution in [0.1, 0.15) is 11.1 Å². The maximum atomic E-state index is 12.5. The van der Waals surface area contributed by atoms with E-state index in [1.807, 2.05) is 0 Å². The zero-order chi connectivity index (χ0) is 11.8. The third kappa shape index (κ3) is 2.23. The van der Waals surface area contributed by atoms with Crippen LogP contribution >= 0.6 is 0 Å². The molecule has 1 heterocycles. The van der Waals surface area contributed by atoms with Gasteiger partial charge in [-0.1, -0.05) is 6.07 Å². The van der Waals surface area contributed by atoms with Crippen LogP contribution < -0.4 is 10.5 Å². The van der Waals surface area contributed by atoms with E-state index in [0.29, 0.717) is 13.0 Å². The molecule has 1 aliphatic heterocycles. The van der Waals surface area contributed by atoms with Crippen LogP contribution in [0.15, 0.2) is 23.1 Å². The Balaban J connectivity index is 2.35. The summed E-state index contributed by atoms with van der Waals surface area (Å²) in [6.45, 7) is 0.0592. The molecule has 1 aliphatic rings. The van der Waals surface area contributed by atoms with E-state index in [0.717, 1.165) is 11.1 Å². The summed E-state index contributed by atoms with van der Waals surface area (Å²) in [7, 11) is -3.66. The molecular formula is C10H13FN2O2S. The Labute approximate surface area is 93.7 Å². The van der Waals surface area contributed by atoms with Gasteiger partial charge in [-0.05, 0) is 29.7 Å². The molecule has 3 N–H and O–H groups in total. The van der Waals surface area contributed by atoms with Crippen LogP contribution in [0.3, 0.4) is 0 Å². The summed E-state index contributed by atoms with van der Waals surface area (Å²) in [4.78, 5) is 0.103. The van der Waals surface area contributed by atoms with Gasteiger partial charge in [0.05, 0.1) is 4.90 Å². The van der Waals surface area contributed by atoms with Crippen molar-refractivity contribution in [1.29, 1.82) is 0 Å². The summed E-state index contributed by atoms with van der Waals surface area (Å²) in [5.74, 6) is 0. The van der Waals surface area contributed by atoms with E-state index < -0.39 is 16.7 Å². The third-order valence-electron chi connectivity index (χ3n) is 2.74.